The molecular formula is C11H18F2N4O4. The monoisotopic (exact) mass is 308 g/mol. The molecule has 21 heavy (non-hydrogen) atoms. The number of aliphatic hydroxyl groups is 3. The predicted molar refractivity (Wildman–Crippen MR) is 64.4 cm³/mol. The first kappa shape index (κ1) is 16.1. The Bertz CT molecular complexity index is 461. The number of rotatable bonds is 4. The lowest BCUT2D eigenvalue weighted by Crippen LogP contribution is -2.59. The highest BCUT2D eigenvalue weighted by molar-refractivity contribution is 4.98. The summed E-state index contributed by atoms with van der Waals surface area (Å²) in [4.78, 5) is 0. The molecule has 10 heteroatoms. The average Bonchev–Trinajstić information content (AvgIpc) is 2.95. The Morgan fingerprint density at radius 2 is 2.14 bits per heavy atom. The molecule has 1 aromatic rings. The number of alkyl halides is 2. The van der Waals surface area contributed by atoms with E-state index in [1.165, 1.54) is 6.92 Å². The van der Waals surface area contributed by atoms with Crippen LogP contribution in [-0.4, -0.2) is 72.5 Å². The molecule has 1 fully saturated rings. The van der Waals surface area contributed by atoms with Crippen molar-refractivity contribution in [3.8, 4) is 0 Å². The standard InChI is InChI=1S/C11H18F2N4O4/c1-5-7(17-4-14-15-16-17)10(12)11(2,13)21-9(5)8(20)6(19)3-18/h4-10,18-20H,3H2,1-2H3/t5-,6-,7-,8-,9-,10?,11?/m1/s1. The molecule has 1 aliphatic rings. The molecule has 0 amide bonds. The van der Waals surface area contributed by atoms with Crippen molar-refractivity contribution in [3.05, 3.63) is 6.33 Å². The number of aromatic nitrogens is 4. The third-order valence-corrected chi connectivity index (χ3v) is 3.80. The van der Waals surface area contributed by atoms with Gasteiger partial charge in [0.15, 0.2) is 6.17 Å². The largest absolute Gasteiger partial charge is 0.394 e. The van der Waals surface area contributed by atoms with Crippen LogP contribution in [0.25, 0.3) is 0 Å². The minimum absolute atomic E-state index is 0.731. The van der Waals surface area contributed by atoms with Gasteiger partial charge in [0.25, 0.3) is 0 Å². The molecule has 0 spiro atoms. The van der Waals surface area contributed by atoms with Crippen LogP contribution in [0.2, 0.25) is 0 Å². The molecule has 2 unspecified atom stereocenters. The Labute approximate surface area is 119 Å². The fraction of sp³-hybridized carbons (Fsp3) is 0.909. The van der Waals surface area contributed by atoms with Gasteiger partial charge in [-0.2, -0.15) is 0 Å². The first-order valence-electron chi connectivity index (χ1n) is 6.50. The molecule has 2 heterocycles. The summed E-state index contributed by atoms with van der Waals surface area (Å²) in [6.07, 6.45) is -5.26. The van der Waals surface area contributed by atoms with Crippen LogP contribution in [-0.2, 0) is 4.74 Å². The lowest BCUT2D eigenvalue weighted by molar-refractivity contribution is -0.288. The van der Waals surface area contributed by atoms with Gasteiger partial charge < -0.3 is 20.1 Å². The van der Waals surface area contributed by atoms with Crippen LogP contribution in [0, 0.1) is 5.92 Å². The molecule has 2 rings (SSSR count). The van der Waals surface area contributed by atoms with Crippen molar-refractivity contribution in [2.75, 3.05) is 6.61 Å². The van der Waals surface area contributed by atoms with E-state index in [9.17, 15) is 19.0 Å². The van der Waals surface area contributed by atoms with Crippen molar-refractivity contribution in [2.45, 2.75) is 50.2 Å². The topological polar surface area (TPSA) is 114 Å². The first-order chi connectivity index (χ1) is 9.79. The summed E-state index contributed by atoms with van der Waals surface area (Å²) in [6.45, 7) is 1.68. The van der Waals surface area contributed by atoms with Crippen LogP contribution in [0.3, 0.4) is 0 Å². The number of tetrazole rings is 1. The molecule has 1 aromatic heterocycles. The fourth-order valence-corrected chi connectivity index (χ4v) is 2.59. The molecule has 7 atom stereocenters. The summed E-state index contributed by atoms with van der Waals surface area (Å²) in [7, 11) is 0. The Hall–Kier alpha value is -1.23. The smallest absolute Gasteiger partial charge is 0.240 e. The molecule has 1 saturated heterocycles. The van der Waals surface area contributed by atoms with Crippen LogP contribution in [0.15, 0.2) is 6.33 Å². The highest BCUT2D eigenvalue weighted by Gasteiger charge is 2.55. The molecular weight excluding hydrogens is 290 g/mol. The molecule has 0 aromatic carbocycles. The third kappa shape index (κ3) is 2.89. The number of ether oxygens (including phenoxy) is 1. The van der Waals surface area contributed by atoms with Gasteiger partial charge >= 0.3 is 0 Å². The summed E-state index contributed by atoms with van der Waals surface area (Å²) in [5.41, 5.74) is 0. The number of aliphatic hydroxyl groups excluding tert-OH is 3. The SMILES string of the molecule is C[C@H]1[C@H]([C@H](O)[C@H](O)CO)OC(C)(F)C(F)[C@@H]1n1cnnn1. The van der Waals surface area contributed by atoms with Crippen LogP contribution < -0.4 is 0 Å². The summed E-state index contributed by atoms with van der Waals surface area (Å²) < 4.78 is 34.7. The van der Waals surface area contributed by atoms with Gasteiger partial charge in [-0.25, -0.2) is 13.5 Å². The summed E-state index contributed by atoms with van der Waals surface area (Å²) in [5.74, 6) is -3.44. The Morgan fingerprint density at radius 3 is 2.67 bits per heavy atom. The van der Waals surface area contributed by atoms with Crippen LogP contribution in [0.5, 0.6) is 0 Å². The quantitative estimate of drug-likeness (QED) is 0.653. The van der Waals surface area contributed by atoms with E-state index in [0.717, 1.165) is 17.9 Å². The van der Waals surface area contributed by atoms with Crippen LogP contribution >= 0.6 is 0 Å². The van der Waals surface area contributed by atoms with Gasteiger partial charge in [0, 0.05) is 5.92 Å². The second-order valence-electron chi connectivity index (χ2n) is 5.35. The summed E-state index contributed by atoms with van der Waals surface area (Å²) in [6, 6.07) is -1.12. The zero-order valence-corrected chi connectivity index (χ0v) is 11.5. The molecule has 3 N–H and O–H groups in total. The van der Waals surface area contributed by atoms with Gasteiger partial charge in [-0.3, -0.25) is 0 Å². The van der Waals surface area contributed by atoms with E-state index < -0.39 is 48.9 Å². The second-order valence-corrected chi connectivity index (χ2v) is 5.35. The zero-order chi connectivity index (χ0) is 15.8. The molecule has 1 aliphatic heterocycles. The van der Waals surface area contributed by atoms with Gasteiger partial charge in [-0.15, -0.1) is 5.10 Å². The van der Waals surface area contributed by atoms with E-state index >= 15 is 0 Å². The Morgan fingerprint density at radius 1 is 1.48 bits per heavy atom. The predicted octanol–water partition coefficient (Wildman–Crippen LogP) is -1.01. The molecule has 0 aliphatic carbocycles. The van der Waals surface area contributed by atoms with Gasteiger partial charge in [-0.1, -0.05) is 6.92 Å². The number of hydrogen-bond acceptors (Lipinski definition) is 7. The van der Waals surface area contributed by atoms with Crippen molar-refractivity contribution in [3.63, 3.8) is 0 Å². The second kappa shape index (κ2) is 5.87. The van der Waals surface area contributed by atoms with Gasteiger partial charge in [0.2, 0.25) is 5.85 Å². The summed E-state index contributed by atoms with van der Waals surface area (Å²) in [5, 5.41) is 38.7. The molecule has 8 nitrogen and oxygen atoms in total. The van der Waals surface area contributed by atoms with Gasteiger partial charge in [0.1, 0.15) is 18.5 Å². The van der Waals surface area contributed by atoms with E-state index in [-0.39, 0.29) is 0 Å². The van der Waals surface area contributed by atoms with Crippen LogP contribution in [0.4, 0.5) is 8.78 Å². The van der Waals surface area contributed by atoms with Crippen molar-refractivity contribution in [1.82, 2.24) is 20.2 Å². The fourth-order valence-electron chi connectivity index (χ4n) is 2.59. The van der Waals surface area contributed by atoms with E-state index in [4.69, 9.17) is 9.84 Å². The van der Waals surface area contributed by atoms with E-state index in [0.29, 0.717) is 0 Å². The van der Waals surface area contributed by atoms with Crippen molar-refractivity contribution in [2.24, 2.45) is 5.92 Å². The Kier molecular flexibility index (Phi) is 4.51. The third-order valence-electron chi connectivity index (χ3n) is 3.80. The van der Waals surface area contributed by atoms with E-state index in [1.807, 2.05) is 0 Å². The number of halogens is 2. The molecule has 0 bridgehead atoms. The molecule has 120 valence electrons. The zero-order valence-electron chi connectivity index (χ0n) is 11.5. The first-order valence-corrected chi connectivity index (χ1v) is 6.50. The van der Waals surface area contributed by atoms with E-state index in [2.05, 4.69) is 15.5 Å². The number of hydrogen-bond donors (Lipinski definition) is 3. The maximum atomic E-state index is 14.3. The average molecular weight is 308 g/mol. The Balaban J connectivity index is 2.32. The molecule has 0 radical (unpaired) electrons. The number of nitrogens with zero attached hydrogens (tertiary/aromatic N) is 4. The van der Waals surface area contributed by atoms with Crippen LogP contribution in [0.1, 0.15) is 19.9 Å². The minimum Gasteiger partial charge on any atom is -0.394 e. The normalized spacial score (nSPS) is 40.0. The summed E-state index contributed by atoms with van der Waals surface area (Å²) >= 11 is 0. The van der Waals surface area contributed by atoms with Gasteiger partial charge in [0.05, 0.1) is 18.8 Å². The van der Waals surface area contributed by atoms with Crippen molar-refractivity contribution in [1.29, 1.82) is 0 Å². The molecule has 0 saturated carbocycles. The highest BCUT2D eigenvalue weighted by atomic mass is 19.2. The lowest BCUT2D eigenvalue weighted by Gasteiger charge is -2.46. The lowest BCUT2D eigenvalue weighted by atomic mass is 9.82. The minimum atomic E-state index is -2.69. The maximum Gasteiger partial charge on any atom is 0.240 e. The van der Waals surface area contributed by atoms with Gasteiger partial charge in [-0.05, 0) is 17.4 Å². The van der Waals surface area contributed by atoms with E-state index in [1.54, 1.807) is 0 Å². The van der Waals surface area contributed by atoms with Crippen molar-refractivity contribution >= 4 is 0 Å². The highest BCUT2D eigenvalue weighted by Crippen LogP contribution is 2.43. The maximum absolute atomic E-state index is 14.3. The van der Waals surface area contributed by atoms with Crippen molar-refractivity contribution < 1.29 is 28.8 Å².